The van der Waals surface area contributed by atoms with Gasteiger partial charge in [-0.15, -0.1) is 0 Å². The molecule has 0 bridgehead atoms. The lowest BCUT2D eigenvalue weighted by molar-refractivity contribution is -0.101. The standard InChI is InChI=1S/C29H41FN4O3/c1-7-23(20-30)12-11-22(3)29(21-35)34-15-9-10-25(28(34)31-37-29)18-24-13-14-26(27(19-24)36-6)33(5)17-16-32(4)8-2/h7,11-14,18-19,35H,1,8-10,15-17,20-21H2,2-6H3/b22-11+,23-12+,25-18+. The van der Waals surface area contributed by atoms with Gasteiger partial charge in [-0.25, -0.2) is 4.39 Å². The smallest absolute Gasteiger partial charge is 0.256 e. The van der Waals surface area contributed by atoms with Gasteiger partial charge >= 0.3 is 0 Å². The summed E-state index contributed by atoms with van der Waals surface area (Å²) in [6.45, 7) is 10.3. The van der Waals surface area contributed by atoms with Crippen LogP contribution in [0.1, 0.15) is 32.3 Å². The molecule has 1 N–H and O–H groups in total. The first-order valence-corrected chi connectivity index (χ1v) is 12.8. The first kappa shape index (κ1) is 28.5. The molecule has 2 aliphatic heterocycles. The van der Waals surface area contributed by atoms with E-state index in [1.807, 2.05) is 17.9 Å². The molecule has 1 fully saturated rings. The summed E-state index contributed by atoms with van der Waals surface area (Å²) in [4.78, 5) is 12.4. The Morgan fingerprint density at radius 1 is 1.32 bits per heavy atom. The Balaban J connectivity index is 1.85. The minimum absolute atomic E-state index is 0.273. The molecule has 37 heavy (non-hydrogen) atoms. The second-order valence-corrected chi connectivity index (χ2v) is 9.55. The highest BCUT2D eigenvalue weighted by molar-refractivity contribution is 6.03. The lowest BCUT2D eigenvalue weighted by Crippen LogP contribution is -2.54. The number of alkyl halides is 1. The Hall–Kier alpha value is -3.10. The van der Waals surface area contributed by atoms with Gasteiger partial charge in [0.05, 0.1) is 12.8 Å². The topological polar surface area (TPSA) is 60.8 Å². The minimum atomic E-state index is -1.11. The number of hydrogen-bond donors (Lipinski definition) is 1. The van der Waals surface area contributed by atoms with Crippen molar-refractivity contribution in [2.24, 2.45) is 5.16 Å². The van der Waals surface area contributed by atoms with E-state index in [1.165, 1.54) is 6.08 Å². The summed E-state index contributed by atoms with van der Waals surface area (Å²) in [5, 5.41) is 14.8. The molecule has 0 aliphatic carbocycles. The molecule has 8 heteroatoms. The van der Waals surface area contributed by atoms with Crippen molar-refractivity contribution in [2.75, 3.05) is 65.6 Å². The Kier molecular flexibility index (Phi) is 9.94. The molecule has 0 aromatic heterocycles. The normalized spacial score (nSPS) is 21.1. The van der Waals surface area contributed by atoms with E-state index in [9.17, 15) is 9.50 Å². The molecule has 0 saturated carbocycles. The van der Waals surface area contributed by atoms with Crippen LogP contribution in [-0.2, 0) is 4.84 Å². The molecule has 2 aliphatic rings. The Bertz CT molecular complexity index is 1080. The van der Waals surface area contributed by atoms with E-state index in [1.54, 1.807) is 19.3 Å². The SMILES string of the molecule is C=C/C(=C\C=C(/C)C1(CO)ON=C2/C(=C/c3ccc(N(C)CCN(C)CC)c(OC)c3)CCCN21)CF. The molecular formula is C29H41FN4O3. The highest BCUT2D eigenvalue weighted by Gasteiger charge is 2.49. The van der Waals surface area contributed by atoms with Gasteiger partial charge in [0.1, 0.15) is 19.0 Å². The number of likely N-dealkylation sites (N-methyl/N-ethyl adjacent to an activating group) is 2. The third kappa shape index (κ3) is 6.25. The van der Waals surface area contributed by atoms with E-state index in [-0.39, 0.29) is 6.61 Å². The number of halogens is 1. The zero-order valence-corrected chi connectivity index (χ0v) is 22.8. The fourth-order valence-electron chi connectivity index (χ4n) is 4.54. The van der Waals surface area contributed by atoms with Crippen molar-refractivity contribution in [3.8, 4) is 5.75 Å². The summed E-state index contributed by atoms with van der Waals surface area (Å²) < 4.78 is 18.8. The highest BCUT2D eigenvalue weighted by Crippen LogP contribution is 2.38. The Labute approximate surface area is 220 Å². The number of fused-ring (bicyclic) bond motifs is 1. The van der Waals surface area contributed by atoms with Gasteiger partial charge in [-0.3, -0.25) is 0 Å². The summed E-state index contributed by atoms with van der Waals surface area (Å²) in [5.74, 6) is 1.53. The summed E-state index contributed by atoms with van der Waals surface area (Å²) >= 11 is 0. The van der Waals surface area contributed by atoms with E-state index in [2.05, 4.69) is 60.8 Å². The van der Waals surface area contributed by atoms with Crippen LogP contribution in [0.15, 0.2) is 64.9 Å². The van der Waals surface area contributed by atoms with E-state index < -0.39 is 12.4 Å². The number of amidine groups is 1. The van der Waals surface area contributed by atoms with E-state index >= 15 is 0 Å². The fraction of sp³-hybridized carbons (Fsp3) is 0.483. The maximum absolute atomic E-state index is 13.1. The molecule has 0 radical (unpaired) electrons. The molecular weight excluding hydrogens is 471 g/mol. The van der Waals surface area contributed by atoms with Gasteiger partial charge in [0.2, 0.25) is 0 Å². The van der Waals surface area contributed by atoms with E-state index in [4.69, 9.17) is 9.57 Å². The minimum Gasteiger partial charge on any atom is -0.495 e. The number of rotatable bonds is 12. The molecule has 1 unspecified atom stereocenters. The average Bonchev–Trinajstić information content (AvgIpc) is 3.32. The van der Waals surface area contributed by atoms with Crippen LogP contribution in [0.25, 0.3) is 6.08 Å². The van der Waals surface area contributed by atoms with Crippen LogP contribution in [0.5, 0.6) is 5.75 Å². The largest absolute Gasteiger partial charge is 0.495 e. The molecule has 1 saturated heterocycles. The molecule has 202 valence electrons. The van der Waals surface area contributed by atoms with Crippen molar-refractivity contribution in [1.82, 2.24) is 9.80 Å². The van der Waals surface area contributed by atoms with Crippen LogP contribution in [0.4, 0.5) is 10.1 Å². The van der Waals surface area contributed by atoms with Gasteiger partial charge in [-0.05, 0) is 73.8 Å². The van der Waals surface area contributed by atoms with Crippen LogP contribution in [-0.4, -0.2) is 87.1 Å². The average molecular weight is 513 g/mol. The third-order valence-electron chi connectivity index (χ3n) is 7.20. The van der Waals surface area contributed by atoms with Crippen molar-refractivity contribution in [1.29, 1.82) is 0 Å². The van der Waals surface area contributed by atoms with E-state index in [0.717, 1.165) is 60.6 Å². The second-order valence-electron chi connectivity index (χ2n) is 9.55. The highest BCUT2D eigenvalue weighted by atomic mass is 19.1. The summed E-state index contributed by atoms with van der Waals surface area (Å²) in [5.41, 5.74) is 3.19. The van der Waals surface area contributed by atoms with Crippen molar-refractivity contribution in [3.05, 3.63) is 65.3 Å². The molecule has 0 spiro atoms. The first-order chi connectivity index (χ1) is 17.8. The number of benzene rings is 1. The van der Waals surface area contributed by atoms with Gasteiger partial charge in [0, 0.05) is 26.7 Å². The van der Waals surface area contributed by atoms with Gasteiger partial charge in [0.15, 0.2) is 5.84 Å². The van der Waals surface area contributed by atoms with Gasteiger partial charge < -0.3 is 29.4 Å². The lowest BCUT2D eigenvalue weighted by atomic mass is 9.95. The lowest BCUT2D eigenvalue weighted by Gasteiger charge is -2.39. The van der Waals surface area contributed by atoms with Crippen LogP contribution >= 0.6 is 0 Å². The molecule has 7 nitrogen and oxygen atoms in total. The zero-order valence-electron chi connectivity index (χ0n) is 22.8. The summed E-state index contributed by atoms with van der Waals surface area (Å²) in [6.07, 6.45) is 8.75. The first-order valence-electron chi connectivity index (χ1n) is 12.8. The molecule has 1 atom stereocenters. The predicted octanol–water partition coefficient (Wildman–Crippen LogP) is 4.62. The van der Waals surface area contributed by atoms with Gasteiger partial charge in [0.25, 0.3) is 5.72 Å². The van der Waals surface area contributed by atoms with Gasteiger partial charge in [-0.1, -0.05) is 43.0 Å². The zero-order chi connectivity index (χ0) is 27.0. The van der Waals surface area contributed by atoms with Crippen molar-refractivity contribution in [2.45, 2.75) is 32.4 Å². The van der Waals surface area contributed by atoms with Crippen LogP contribution in [0.3, 0.4) is 0 Å². The quantitative estimate of drug-likeness (QED) is 0.413. The number of aliphatic hydroxyl groups is 1. The number of aliphatic hydroxyl groups excluding tert-OH is 1. The number of nitrogens with zero attached hydrogens (tertiary/aromatic N) is 4. The maximum atomic E-state index is 13.1. The van der Waals surface area contributed by atoms with Crippen molar-refractivity contribution >= 4 is 17.6 Å². The number of oxime groups is 1. The molecule has 1 aromatic rings. The number of anilines is 1. The third-order valence-corrected chi connectivity index (χ3v) is 7.20. The molecule has 3 rings (SSSR count). The van der Waals surface area contributed by atoms with Crippen molar-refractivity contribution < 1.29 is 19.1 Å². The van der Waals surface area contributed by atoms with Crippen molar-refractivity contribution in [3.63, 3.8) is 0 Å². The predicted molar refractivity (Wildman–Crippen MR) is 150 cm³/mol. The van der Waals surface area contributed by atoms with Gasteiger partial charge in [-0.2, -0.15) is 0 Å². The summed E-state index contributed by atoms with van der Waals surface area (Å²) in [6, 6.07) is 6.22. The fourth-order valence-corrected chi connectivity index (χ4v) is 4.54. The van der Waals surface area contributed by atoms with Crippen LogP contribution < -0.4 is 9.64 Å². The van der Waals surface area contributed by atoms with Crippen LogP contribution in [0, 0.1) is 0 Å². The maximum Gasteiger partial charge on any atom is 0.256 e. The Morgan fingerprint density at radius 3 is 2.76 bits per heavy atom. The van der Waals surface area contributed by atoms with E-state index in [0.29, 0.717) is 18.0 Å². The molecule has 0 amide bonds. The number of ether oxygens (including phenoxy) is 1. The van der Waals surface area contributed by atoms with Crippen LogP contribution in [0.2, 0.25) is 0 Å². The number of methoxy groups -OCH3 is 1. The number of hydrogen-bond acceptors (Lipinski definition) is 7. The number of allylic oxidation sites excluding steroid dienone is 4. The molecule has 1 aromatic carbocycles. The summed E-state index contributed by atoms with van der Waals surface area (Å²) in [7, 11) is 5.89. The monoisotopic (exact) mass is 512 g/mol. The number of piperidine rings is 1. The Morgan fingerprint density at radius 2 is 2.11 bits per heavy atom. The second kappa shape index (κ2) is 12.9. The molecule has 2 heterocycles.